The van der Waals surface area contributed by atoms with Crippen LogP contribution in [0.1, 0.15) is 74.0 Å². The van der Waals surface area contributed by atoms with E-state index < -0.39 is 0 Å². The molecule has 0 aliphatic heterocycles. The van der Waals surface area contributed by atoms with Crippen LogP contribution in [0.15, 0.2) is 59.4 Å². The molecule has 1 unspecified atom stereocenters. The molecule has 4 aromatic rings. The lowest BCUT2D eigenvalue weighted by Gasteiger charge is -2.35. The first-order valence-corrected chi connectivity index (χ1v) is 12.8. The van der Waals surface area contributed by atoms with Crippen molar-refractivity contribution in [1.29, 1.82) is 0 Å². The Morgan fingerprint density at radius 1 is 1.11 bits per heavy atom. The minimum atomic E-state index is -0.0107. The Morgan fingerprint density at radius 2 is 1.91 bits per heavy atom. The Balaban J connectivity index is 1.52. The van der Waals surface area contributed by atoms with Crippen LogP contribution < -0.4 is 5.56 Å². The van der Waals surface area contributed by atoms with Gasteiger partial charge in [-0.15, -0.1) is 5.10 Å². The van der Waals surface area contributed by atoms with Gasteiger partial charge >= 0.3 is 0 Å². The number of nitrogens with zero attached hydrogens (tertiary/aromatic N) is 5. The number of benzene rings is 2. The summed E-state index contributed by atoms with van der Waals surface area (Å²) >= 11 is 0. The van der Waals surface area contributed by atoms with Crippen LogP contribution >= 0.6 is 0 Å². The summed E-state index contributed by atoms with van der Waals surface area (Å²) in [6, 6.07) is 19.0. The number of nitrogens with one attached hydrogen (secondary N) is 1. The molecule has 1 fully saturated rings. The second-order valence-corrected chi connectivity index (χ2v) is 9.81. The average Bonchev–Trinajstić information content (AvgIpc) is 3.55. The van der Waals surface area contributed by atoms with Gasteiger partial charge in [0.1, 0.15) is 0 Å². The molecule has 1 aliphatic carbocycles. The van der Waals surface area contributed by atoms with Crippen LogP contribution in [0, 0.1) is 6.92 Å². The number of tetrazole rings is 1. The fraction of sp³-hybridized carbons (Fsp3) is 0.429. The number of H-pyrrole nitrogens is 1. The fourth-order valence-electron chi connectivity index (χ4n) is 5.45. The van der Waals surface area contributed by atoms with Gasteiger partial charge in [0.25, 0.3) is 5.56 Å². The van der Waals surface area contributed by atoms with Gasteiger partial charge in [0, 0.05) is 23.7 Å². The molecule has 2 aromatic heterocycles. The van der Waals surface area contributed by atoms with Crippen molar-refractivity contribution in [2.45, 2.75) is 77.5 Å². The molecule has 2 heterocycles. The highest BCUT2D eigenvalue weighted by molar-refractivity contribution is 5.79. The highest BCUT2D eigenvalue weighted by atomic mass is 16.1. The van der Waals surface area contributed by atoms with Crippen molar-refractivity contribution >= 4 is 10.9 Å². The molecule has 0 amide bonds. The zero-order valence-electron chi connectivity index (χ0n) is 20.7. The van der Waals surface area contributed by atoms with Crippen molar-refractivity contribution in [2.24, 2.45) is 0 Å². The molecular formula is C28H34N6O. The first kappa shape index (κ1) is 23.4. The van der Waals surface area contributed by atoms with Crippen LogP contribution in [0.5, 0.6) is 0 Å². The number of hydrogen-bond donors (Lipinski definition) is 1. The summed E-state index contributed by atoms with van der Waals surface area (Å²) in [5.41, 5.74) is 4.03. The van der Waals surface area contributed by atoms with Crippen molar-refractivity contribution in [2.75, 3.05) is 0 Å². The molecule has 7 heteroatoms. The molecule has 7 nitrogen and oxygen atoms in total. The maximum absolute atomic E-state index is 13.1. The lowest BCUT2D eigenvalue weighted by molar-refractivity contribution is 0.108. The van der Waals surface area contributed by atoms with Gasteiger partial charge in [-0.2, -0.15) is 0 Å². The van der Waals surface area contributed by atoms with E-state index in [0.29, 0.717) is 19.1 Å². The van der Waals surface area contributed by atoms with Crippen LogP contribution in [0.25, 0.3) is 10.9 Å². The Kier molecular flexibility index (Phi) is 7.04. The number of pyridine rings is 1. The smallest absolute Gasteiger partial charge is 0.252 e. The largest absolute Gasteiger partial charge is 0.322 e. The molecule has 35 heavy (non-hydrogen) atoms. The summed E-state index contributed by atoms with van der Waals surface area (Å²) in [5.74, 6) is 0.885. The van der Waals surface area contributed by atoms with Crippen molar-refractivity contribution in [3.63, 3.8) is 0 Å². The molecule has 1 aliphatic rings. The predicted octanol–water partition coefficient (Wildman–Crippen LogP) is 5.16. The minimum Gasteiger partial charge on any atom is -0.322 e. The fourth-order valence-corrected chi connectivity index (χ4v) is 5.45. The van der Waals surface area contributed by atoms with E-state index in [4.69, 9.17) is 0 Å². The first-order valence-electron chi connectivity index (χ1n) is 12.8. The molecule has 5 rings (SSSR count). The van der Waals surface area contributed by atoms with Crippen molar-refractivity contribution < 1.29 is 0 Å². The van der Waals surface area contributed by atoms with Gasteiger partial charge in [0.05, 0.1) is 12.6 Å². The van der Waals surface area contributed by atoms with Gasteiger partial charge in [-0.25, -0.2) is 4.68 Å². The Bertz CT molecular complexity index is 1320. The molecule has 2 aromatic carbocycles. The SMILES string of the molecule is CCCC(c1nnnn1Cc1ccccc1)N(Cc1cc2cc(C)ccc2[nH]c1=O)C1CCCC1. The van der Waals surface area contributed by atoms with Gasteiger partial charge < -0.3 is 4.98 Å². The van der Waals surface area contributed by atoms with Gasteiger partial charge in [-0.1, -0.05) is 68.1 Å². The Labute approximate surface area is 206 Å². The molecule has 0 radical (unpaired) electrons. The van der Waals surface area contributed by atoms with E-state index in [0.717, 1.165) is 48.0 Å². The van der Waals surface area contributed by atoms with Crippen molar-refractivity contribution in [3.05, 3.63) is 87.5 Å². The second-order valence-electron chi connectivity index (χ2n) is 9.81. The van der Waals surface area contributed by atoms with Crippen LogP contribution in [0.2, 0.25) is 0 Å². The number of fused-ring (bicyclic) bond motifs is 1. The highest BCUT2D eigenvalue weighted by Crippen LogP contribution is 2.34. The Hall–Kier alpha value is -3.32. The minimum absolute atomic E-state index is 0.0107. The molecule has 1 atom stereocenters. The molecule has 0 spiro atoms. The summed E-state index contributed by atoms with van der Waals surface area (Å²) in [4.78, 5) is 18.7. The van der Waals surface area contributed by atoms with E-state index in [-0.39, 0.29) is 11.6 Å². The third kappa shape index (κ3) is 5.20. The lowest BCUT2D eigenvalue weighted by Crippen LogP contribution is -2.39. The standard InChI is InChI=1S/C28H34N6O/c1-3-9-26(27-30-31-32-34(27)18-21-10-5-4-6-11-21)33(24-12-7-8-13-24)19-23-17-22-16-20(2)14-15-25(22)29-28(23)35/h4-6,10-11,14-17,24,26H,3,7-9,12-13,18-19H2,1-2H3,(H,29,35). The maximum Gasteiger partial charge on any atom is 0.252 e. The molecular weight excluding hydrogens is 436 g/mol. The molecule has 1 saturated carbocycles. The van der Waals surface area contributed by atoms with Gasteiger partial charge in [0.15, 0.2) is 5.82 Å². The molecule has 0 saturated heterocycles. The van der Waals surface area contributed by atoms with Crippen LogP contribution in [0.3, 0.4) is 0 Å². The maximum atomic E-state index is 13.1. The van der Waals surface area contributed by atoms with E-state index in [2.05, 4.69) is 63.5 Å². The molecule has 182 valence electrons. The highest BCUT2D eigenvalue weighted by Gasteiger charge is 2.33. The predicted molar refractivity (Wildman–Crippen MR) is 138 cm³/mol. The van der Waals surface area contributed by atoms with Gasteiger partial charge in [-0.05, 0) is 65.8 Å². The lowest BCUT2D eigenvalue weighted by atomic mass is 10.0. The number of hydrogen-bond acceptors (Lipinski definition) is 5. The third-order valence-electron chi connectivity index (χ3n) is 7.22. The number of aromatic amines is 1. The zero-order valence-corrected chi connectivity index (χ0v) is 20.7. The summed E-state index contributed by atoms with van der Waals surface area (Å²) in [7, 11) is 0. The molecule has 0 bridgehead atoms. The average molecular weight is 471 g/mol. The van der Waals surface area contributed by atoms with Crippen LogP contribution in [-0.4, -0.2) is 36.1 Å². The third-order valence-corrected chi connectivity index (χ3v) is 7.22. The normalized spacial score (nSPS) is 15.3. The first-order chi connectivity index (χ1) is 17.1. The van der Waals surface area contributed by atoms with E-state index in [1.54, 1.807) is 0 Å². The van der Waals surface area contributed by atoms with E-state index >= 15 is 0 Å². The van der Waals surface area contributed by atoms with Crippen molar-refractivity contribution in [3.8, 4) is 0 Å². The molecule has 1 N–H and O–H groups in total. The van der Waals surface area contributed by atoms with E-state index in [1.807, 2.05) is 35.0 Å². The topological polar surface area (TPSA) is 79.7 Å². The van der Waals surface area contributed by atoms with Gasteiger partial charge in [0.2, 0.25) is 0 Å². The van der Waals surface area contributed by atoms with E-state index in [9.17, 15) is 4.79 Å². The summed E-state index contributed by atoms with van der Waals surface area (Å²) in [6.07, 6.45) is 6.69. The Morgan fingerprint density at radius 3 is 2.69 bits per heavy atom. The van der Waals surface area contributed by atoms with Gasteiger partial charge in [-0.3, -0.25) is 9.69 Å². The van der Waals surface area contributed by atoms with Crippen LogP contribution in [0.4, 0.5) is 0 Å². The van der Waals surface area contributed by atoms with Crippen LogP contribution in [-0.2, 0) is 13.1 Å². The monoisotopic (exact) mass is 470 g/mol. The number of aryl methyl sites for hydroxylation is 1. The summed E-state index contributed by atoms with van der Waals surface area (Å²) in [6.45, 7) is 5.51. The second kappa shape index (κ2) is 10.5. The summed E-state index contributed by atoms with van der Waals surface area (Å²) in [5, 5.41) is 14.0. The number of aromatic nitrogens is 5. The van der Waals surface area contributed by atoms with Crippen molar-refractivity contribution in [1.82, 2.24) is 30.1 Å². The quantitative estimate of drug-likeness (QED) is 0.366. The number of rotatable bonds is 9. The zero-order chi connectivity index (χ0) is 24.2. The van der Waals surface area contributed by atoms with E-state index in [1.165, 1.54) is 24.0 Å². The summed E-state index contributed by atoms with van der Waals surface area (Å²) < 4.78 is 1.94.